The van der Waals surface area contributed by atoms with Crippen LogP contribution in [0.25, 0.3) is 0 Å². The lowest BCUT2D eigenvalue weighted by Crippen LogP contribution is -2.26. The molecule has 1 atom stereocenters. The van der Waals surface area contributed by atoms with Crippen LogP contribution in [0.3, 0.4) is 0 Å². The van der Waals surface area contributed by atoms with Gasteiger partial charge in [0.2, 0.25) is 5.91 Å². The molecule has 0 spiro atoms. The number of alkyl halides is 3. The first kappa shape index (κ1) is 15.8. The van der Waals surface area contributed by atoms with Crippen molar-refractivity contribution in [3.8, 4) is 0 Å². The third-order valence-electron chi connectivity index (χ3n) is 2.80. The highest BCUT2D eigenvalue weighted by Gasteiger charge is 2.36. The second-order valence-electron chi connectivity index (χ2n) is 4.61. The van der Waals surface area contributed by atoms with Gasteiger partial charge in [0.05, 0.1) is 5.56 Å². The molecule has 1 fully saturated rings. The zero-order valence-electron chi connectivity index (χ0n) is 11.2. The molecule has 1 aliphatic rings. The highest BCUT2D eigenvalue weighted by Crippen LogP contribution is 2.36. The van der Waals surface area contributed by atoms with E-state index in [0.717, 1.165) is 12.1 Å². The summed E-state index contributed by atoms with van der Waals surface area (Å²) in [4.78, 5) is 16.4. The van der Waals surface area contributed by atoms with Gasteiger partial charge in [-0.15, -0.1) is 0 Å². The summed E-state index contributed by atoms with van der Waals surface area (Å²) in [5.41, 5.74) is -1.16. The van der Waals surface area contributed by atoms with Crippen molar-refractivity contribution >= 4 is 28.5 Å². The van der Waals surface area contributed by atoms with E-state index in [1.54, 1.807) is 0 Å². The molecule has 1 aromatic rings. The number of benzene rings is 1. The van der Waals surface area contributed by atoms with E-state index >= 15 is 0 Å². The van der Waals surface area contributed by atoms with Crippen molar-refractivity contribution in [1.29, 1.82) is 0 Å². The number of anilines is 1. The van der Waals surface area contributed by atoms with E-state index in [-0.39, 0.29) is 10.9 Å². The fourth-order valence-electron chi connectivity index (χ4n) is 1.95. The number of amidine groups is 1. The Hall–Kier alpha value is -1.57. The third kappa shape index (κ3) is 3.55. The summed E-state index contributed by atoms with van der Waals surface area (Å²) in [6.07, 6.45) is -4.77. The third-order valence-corrected chi connectivity index (χ3v) is 3.87. The van der Waals surface area contributed by atoms with Crippen molar-refractivity contribution in [2.75, 3.05) is 11.4 Å². The second kappa shape index (κ2) is 5.67. The number of carbonyl (C=O) groups is 1. The lowest BCUT2D eigenvalue weighted by atomic mass is 10.1. The normalized spacial score (nSPS) is 21.1. The van der Waals surface area contributed by atoms with Crippen LogP contribution in [0.15, 0.2) is 23.2 Å². The molecule has 0 aliphatic carbocycles. The van der Waals surface area contributed by atoms with E-state index in [4.69, 9.17) is 0 Å². The largest absolute Gasteiger partial charge is 0.419 e. The number of aliphatic imine (C=N–C) groups is 1. The standard InChI is InChI=1S/C13H12F4N2OS/c1-7-6-19(12(21-7)18-8(2)20)9-3-4-11(14)10(5-9)13(15,16)17/h3-5,7H,6H2,1-2H3. The fourth-order valence-corrected chi connectivity index (χ4v) is 3.02. The summed E-state index contributed by atoms with van der Waals surface area (Å²) in [6.45, 7) is 3.54. The molecular formula is C13H12F4N2OS. The van der Waals surface area contributed by atoms with Crippen LogP contribution in [0.1, 0.15) is 19.4 Å². The lowest BCUT2D eigenvalue weighted by Gasteiger charge is -2.19. The number of halogens is 4. The zero-order valence-corrected chi connectivity index (χ0v) is 12.1. The maximum absolute atomic E-state index is 13.3. The number of thioether (sulfide) groups is 1. The van der Waals surface area contributed by atoms with Crippen molar-refractivity contribution in [3.05, 3.63) is 29.6 Å². The number of rotatable bonds is 1. The topological polar surface area (TPSA) is 32.7 Å². The van der Waals surface area contributed by atoms with Crippen molar-refractivity contribution in [3.63, 3.8) is 0 Å². The molecule has 3 nitrogen and oxygen atoms in total. The first-order chi connectivity index (χ1) is 9.68. The summed E-state index contributed by atoms with van der Waals surface area (Å²) >= 11 is 1.29. The zero-order chi connectivity index (χ0) is 15.8. The van der Waals surface area contributed by atoms with E-state index in [0.29, 0.717) is 11.7 Å². The van der Waals surface area contributed by atoms with Gasteiger partial charge in [-0.25, -0.2) is 4.39 Å². The lowest BCUT2D eigenvalue weighted by molar-refractivity contribution is -0.140. The van der Waals surface area contributed by atoms with E-state index in [1.807, 2.05) is 6.92 Å². The molecule has 0 radical (unpaired) electrons. The number of nitrogens with zero attached hydrogens (tertiary/aromatic N) is 2. The van der Waals surface area contributed by atoms with Crippen LogP contribution in [0.5, 0.6) is 0 Å². The maximum Gasteiger partial charge on any atom is 0.419 e. The Kier molecular flexibility index (Phi) is 4.27. The van der Waals surface area contributed by atoms with Crippen molar-refractivity contribution in [2.24, 2.45) is 4.99 Å². The Morgan fingerprint density at radius 2 is 2.10 bits per heavy atom. The molecule has 1 saturated heterocycles. The second-order valence-corrected chi connectivity index (χ2v) is 6.02. The molecule has 1 amide bonds. The van der Waals surface area contributed by atoms with Gasteiger partial charge in [-0.1, -0.05) is 18.7 Å². The number of carbonyl (C=O) groups excluding carboxylic acids is 1. The Labute approximate surface area is 123 Å². The summed E-state index contributed by atoms with van der Waals surface area (Å²) in [6, 6.07) is 2.76. The molecule has 114 valence electrons. The van der Waals surface area contributed by atoms with E-state index in [1.165, 1.54) is 29.7 Å². The molecule has 0 bridgehead atoms. The van der Waals surface area contributed by atoms with Gasteiger partial charge in [0.25, 0.3) is 0 Å². The van der Waals surface area contributed by atoms with Gasteiger partial charge in [-0.3, -0.25) is 4.79 Å². The van der Waals surface area contributed by atoms with Crippen molar-refractivity contribution < 1.29 is 22.4 Å². The predicted octanol–water partition coefficient (Wildman–Crippen LogP) is 3.69. The van der Waals surface area contributed by atoms with Gasteiger partial charge >= 0.3 is 6.18 Å². The van der Waals surface area contributed by atoms with Crippen LogP contribution in [0.4, 0.5) is 23.2 Å². The molecule has 21 heavy (non-hydrogen) atoms. The molecular weight excluding hydrogens is 308 g/mol. The average molecular weight is 320 g/mol. The molecule has 1 aromatic carbocycles. The Morgan fingerprint density at radius 3 is 2.67 bits per heavy atom. The minimum absolute atomic E-state index is 0.0717. The Balaban J connectivity index is 2.44. The van der Waals surface area contributed by atoms with Gasteiger partial charge in [0.15, 0.2) is 5.17 Å². The first-order valence-corrected chi connectivity index (χ1v) is 6.96. The minimum Gasteiger partial charge on any atom is -0.320 e. The number of hydrogen-bond donors (Lipinski definition) is 0. The van der Waals surface area contributed by atoms with Crippen LogP contribution in [0.2, 0.25) is 0 Å². The van der Waals surface area contributed by atoms with Crippen LogP contribution in [0, 0.1) is 5.82 Å². The fraction of sp³-hybridized carbons (Fsp3) is 0.385. The van der Waals surface area contributed by atoms with Crippen LogP contribution in [-0.2, 0) is 11.0 Å². The molecule has 1 unspecified atom stereocenters. The average Bonchev–Trinajstić information content (AvgIpc) is 2.68. The van der Waals surface area contributed by atoms with Crippen molar-refractivity contribution in [1.82, 2.24) is 0 Å². The smallest absolute Gasteiger partial charge is 0.320 e. The Bertz CT molecular complexity index is 600. The Morgan fingerprint density at radius 1 is 1.43 bits per heavy atom. The SMILES string of the molecule is CC(=O)N=C1SC(C)CN1c1ccc(F)c(C(F)(F)F)c1. The van der Waals surface area contributed by atoms with Gasteiger partial charge in [0, 0.05) is 24.4 Å². The predicted molar refractivity (Wildman–Crippen MR) is 73.9 cm³/mol. The number of hydrogen-bond acceptors (Lipinski definition) is 2. The summed E-state index contributed by atoms with van der Waals surface area (Å²) in [7, 11) is 0. The van der Waals surface area contributed by atoms with Crippen LogP contribution >= 0.6 is 11.8 Å². The van der Waals surface area contributed by atoms with Gasteiger partial charge in [-0.05, 0) is 18.2 Å². The number of amides is 1. The van der Waals surface area contributed by atoms with Gasteiger partial charge < -0.3 is 4.90 Å². The molecule has 0 aromatic heterocycles. The molecule has 0 saturated carbocycles. The summed E-state index contributed by atoms with van der Waals surface area (Å²) < 4.78 is 51.6. The summed E-state index contributed by atoms with van der Waals surface area (Å²) in [5.74, 6) is -1.76. The van der Waals surface area contributed by atoms with Crippen LogP contribution in [-0.4, -0.2) is 22.9 Å². The molecule has 0 N–H and O–H groups in total. The first-order valence-electron chi connectivity index (χ1n) is 6.08. The molecule has 2 rings (SSSR count). The highest BCUT2D eigenvalue weighted by molar-refractivity contribution is 8.15. The maximum atomic E-state index is 13.3. The molecule has 8 heteroatoms. The minimum atomic E-state index is -4.77. The highest BCUT2D eigenvalue weighted by atomic mass is 32.2. The van der Waals surface area contributed by atoms with Crippen molar-refractivity contribution in [2.45, 2.75) is 25.3 Å². The molecule has 1 heterocycles. The summed E-state index contributed by atoms with van der Waals surface area (Å²) in [5, 5.41) is 0.400. The monoisotopic (exact) mass is 320 g/mol. The van der Waals surface area contributed by atoms with E-state index in [9.17, 15) is 22.4 Å². The van der Waals surface area contributed by atoms with Gasteiger partial charge in [0.1, 0.15) is 5.82 Å². The van der Waals surface area contributed by atoms with E-state index in [2.05, 4.69) is 4.99 Å². The van der Waals surface area contributed by atoms with E-state index < -0.39 is 23.5 Å². The molecule has 1 aliphatic heterocycles. The quantitative estimate of drug-likeness (QED) is 0.740. The van der Waals surface area contributed by atoms with Gasteiger partial charge in [-0.2, -0.15) is 18.2 Å². The van der Waals surface area contributed by atoms with Crippen LogP contribution < -0.4 is 4.90 Å².